The lowest BCUT2D eigenvalue weighted by molar-refractivity contribution is 0.882. The van der Waals surface area contributed by atoms with Gasteiger partial charge in [0.1, 0.15) is 0 Å². The molecular weight excluding hydrogens is 188 g/mol. The average molecular weight is 199 g/mol. The smallest absolute Gasteiger partial charge is 0.161 e. The van der Waals surface area contributed by atoms with Gasteiger partial charge in [-0.2, -0.15) is 0 Å². The summed E-state index contributed by atoms with van der Waals surface area (Å²) in [6.07, 6.45) is 1.94. The number of nitrogens with two attached hydrogens (primary N) is 1. The quantitative estimate of drug-likeness (QED) is 0.742. The summed E-state index contributed by atoms with van der Waals surface area (Å²) in [7, 11) is 0. The first-order chi connectivity index (χ1) is 5.81. The summed E-state index contributed by atoms with van der Waals surface area (Å²) in [5.74, 6) is 0.796. The molecule has 2 aromatic heterocycles. The van der Waals surface area contributed by atoms with Crippen LogP contribution in [0.4, 0.5) is 0 Å². The van der Waals surface area contributed by atoms with Gasteiger partial charge in [0.2, 0.25) is 0 Å². The third kappa shape index (κ3) is 1.64. The maximum Gasteiger partial charge on any atom is 0.161 e. The van der Waals surface area contributed by atoms with E-state index in [1.54, 1.807) is 0 Å². The second-order valence-electron chi connectivity index (χ2n) is 2.75. The van der Waals surface area contributed by atoms with Gasteiger partial charge in [-0.3, -0.25) is 4.40 Å². The first-order valence-electron chi connectivity index (χ1n) is 3.81. The van der Waals surface area contributed by atoms with E-state index in [0.29, 0.717) is 6.54 Å². The molecule has 0 aliphatic heterocycles. The predicted molar refractivity (Wildman–Crippen MR) is 52.9 cm³/mol. The van der Waals surface area contributed by atoms with Crippen molar-refractivity contribution in [3.05, 3.63) is 29.7 Å². The van der Waals surface area contributed by atoms with Crippen molar-refractivity contribution in [1.29, 1.82) is 0 Å². The Bertz CT molecular complexity index is 409. The summed E-state index contributed by atoms with van der Waals surface area (Å²) in [5.41, 5.74) is 7.51. The Hall–Kier alpha value is -1.13. The number of halogens is 1. The number of nitrogens with zero attached hydrogens (tertiary/aromatic N) is 3. The fraction of sp³-hybridized carbons (Fsp3) is 0.250. The first kappa shape index (κ1) is 9.95. The van der Waals surface area contributed by atoms with Gasteiger partial charge in [0, 0.05) is 6.20 Å². The van der Waals surface area contributed by atoms with Crippen LogP contribution in [-0.4, -0.2) is 14.6 Å². The van der Waals surface area contributed by atoms with Crippen LogP contribution in [-0.2, 0) is 6.54 Å². The first-order valence-corrected chi connectivity index (χ1v) is 3.81. The van der Waals surface area contributed by atoms with Crippen LogP contribution in [0.25, 0.3) is 5.65 Å². The highest BCUT2D eigenvalue weighted by atomic mass is 35.5. The Morgan fingerprint density at radius 2 is 2.23 bits per heavy atom. The molecule has 2 rings (SSSR count). The lowest BCUT2D eigenvalue weighted by atomic mass is 10.3. The molecule has 0 saturated carbocycles. The van der Waals surface area contributed by atoms with Gasteiger partial charge >= 0.3 is 0 Å². The van der Waals surface area contributed by atoms with Gasteiger partial charge in [-0.15, -0.1) is 22.6 Å². The number of hydrogen-bond acceptors (Lipinski definition) is 3. The standard InChI is InChI=1S/C8H10N4.ClH/c1-6-2-3-12-7(4-6)10-11-8(12)5-9;/h2-4H,5,9H2,1H3;1H. The Kier molecular flexibility index (Phi) is 2.85. The van der Waals surface area contributed by atoms with Crippen molar-refractivity contribution in [3.63, 3.8) is 0 Å². The zero-order chi connectivity index (χ0) is 8.55. The van der Waals surface area contributed by atoms with E-state index in [-0.39, 0.29) is 12.4 Å². The maximum absolute atomic E-state index is 5.48. The van der Waals surface area contributed by atoms with Crippen LogP contribution >= 0.6 is 12.4 Å². The molecule has 0 fully saturated rings. The molecule has 0 aliphatic rings. The van der Waals surface area contributed by atoms with E-state index in [1.807, 2.05) is 29.7 Å². The molecule has 0 atom stereocenters. The number of hydrogen-bond donors (Lipinski definition) is 1. The van der Waals surface area contributed by atoms with E-state index < -0.39 is 0 Å². The van der Waals surface area contributed by atoms with Gasteiger partial charge < -0.3 is 5.73 Å². The average Bonchev–Trinajstić information content (AvgIpc) is 2.46. The van der Waals surface area contributed by atoms with E-state index in [4.69, 9.17) is 5.73 Å². The molecule has 0 radical (unpaired) electrons. The molecule has 2 heterocycles. The van der Waals surface area contributed by atoms with Crippen LogP contribution in [0.15, 0.2) is 18.3 Å². The number of aryl methyl sites for hydroxylation is 1. The summed E-state index contributed by atoms with van der Waals surface area (Å²) in [5, 5.41) is 7.93. The van der Waals surface area contributed by atoms with Gasteiger partial charge in [-0.25, -0.2) is 0 Å². The van der Waals surface area contributed by atoms with E-state index >= 15 is 0 Å². The summed E-state index contributed by atoms with van der Waals surface area (Å²) in [6.45, 7) is 2.45. The molecule has 5 heteroatoms. The molecule has 0 unspecified atom stereocenters. The molecule has 2 N–H and O–H groups in total. The molecule has 70 valence electrons. The zero-order valence-corrected chi connectivity index (χ0v) is 8.08. The van der Waals surface area contributed by atoms with E-state index in [1.165, 1.54) is 5.56 Å². The monoisotopic (exact) mass is 198 g/mol. The topological polar surface area (TPSA) is 56.2 Å². The van der Waals surface area contributed by atoms with Gasteiger partial charge in [-0.1, -0.05) is 0 Å². The molecule has 13 heavy (non-hydrogen) atoms. The van der Waals surface area contributed by atoms with Gasteiger partial charge in [0.05, 0.1) is 6.54 Å². The Balaban J connectivity index is 0.000000845. The van der Waals surface area contributed by atoms with Crippen LogP contribution in [0.5, 0.6) is 0 Å². The number of pyridine rings is 1. The van der Waals surface area contributed by atoms with Crippen LogP contribution in [0, 0.1) is 6.92 Å². The number of rotatable bonds is 1. The fourth-order valence-corrected chi connectivity index (χ4v) is 1.18. The van der Waals surface area contributed by atoms with Crippen LogP contribution in [0.2, 0.25) is 0 Å². The minimum Gasteiger partial charge on any atom is -0.324 e. The lowest BCUT2D eigenvalue weighted by Gasteiger charge is -1.96. The fourth-order valence-electron chi connectivity index (χ4n) is 1.18. The normalized spacial score (nSPS) is 10.0. The minimum atomic E-state index is 0. The molecule has 0 saturated heterocycles. The van der Waals surface area contributed by atoms with Crippen molar-refractivity contribution in [2.45, 2.75) is 13.5 Å². The maximum atomic E-state index is 5.48. The van der Waals surface area contributed by atoms with E-state index in [2.05, 4.69) is 10.2 Å². The zero-order valence-electron chi connectivity index (χ0n) is 7.27. The molecule has 0 aliphatic carbocycles. The Morgan fingerprint density at radius 3 is 2.92 bits per heavy atom. The molecular formula is C8H11ClN4. The van der Waals surface area contributed by atoms with Crippen molar-refractivity contribution in [2.24, 2.45) is 5.73 Å². The van der Waals surface area contributed by atoms with Crippen molar-refractivity contribution >= 4 is 18.1 Å². The SMILES string of the molecule is Cc1ccn2c(CN)nnc2c1.Cl. The van der Waals surface area contributed by atoms with Crippen LogP contribution in [0.1, 0.15) is 11.4 Å². The molecule has 0 amide bonds. The van der Waals surface area contributed by atoms with Crippen LogP contribution in [0.3, 0.4) is 0 Å². The molecule has 0 spiro atoms. The Morgan fingerprint density at radius 1 is 1.46 bits per heavy atom. The van der Waals surface area contributed by atoms with Gasteiger partial charge in [0.25, 0.3) is 0 Å². The van der Waals surface area contributed by atoms with Gasteiger partial charge in [0.15, 0.2) is 11.5 Å². The summed E-state index contributed by atoms with van der Waals surface area (Å²) < 4.78 is 1.90. The lowest BCUT2D eigenvalue weighted by Crippen LogP contribution is -2.02. The van der Waals surface area contributed by atoms with Crippen molar-refractivity contribution in [2.75, 3.05) is 0 Å². The number of fused-ring (bicyclic) bond motifs is 1. The highest BCUT2D eigenvalue weighted by molar-refractivity contribution is 5.85. The predicted octanol–water partition coefficient (Wildman–Crippen LogP) is 0.918. The minimum absolute atomic E-state index is 0. The number of aromatic nitrogens is 3. The van der Waals surface area contributed by atoms with E-state index in [9.17, 15) is 0 Å². The summed E-state index contributed by atoms with van der Waals surface area (Å²) >= 11 is 0. The second kappa shape index (κ2) is 3.72. The molecule has 2 aromatic rings. The largest absolute Gasteiger partial charge is 0.324 e. The highest BCUT2D eigenvalue weighted by Crippen LogP contribution is 2.05. The van der Waals surface area contributed by atoms with Crippen molar-refractivity contribution in [3.8, 4) is 0 Å². The summed E-state index contributed by atoms with van der Waals surface area (Å²) in [4.78, 5) is 0. The molecule has 4 nitrogen and oxygen atoms in total. The third-order valence-corrected chi connectivity index (χ3v) is 1.82. The molecule has 0 aromatic carbocycles. The third-order valence-electron chi connectivity index (χ3n) is 1.82. The van der Waals surface area contributed by atoms with Crippen LogP contribution < -0.4 is 5.73 Å². The van der Waals surface area contributed by atoms with E-state index in [0.717, 1.165) is 11.5 Å². The van der Waals surface area contributed by atoms with Crippen molar-refractivity contribution in [1.82, 2.24) is 14.6 Å². The molecule has 0 bridgehead atoms. The van der Waals surface area contributed by atoms with Crippen molar-refractivity contribution < 1.29 is 0 Å². The Labute approximate surface area is 82.2 Å². The highest BCUT2D eigenvalue weighted by Gasteiger charge is 2.01. The second-order valence-corrected chi connectivity index (χ2v) is 2.75. The van der Waals surface area contributed by atoms with Gasteiger partial charge in [-0.05, 0) is 24.6 Å². The summed E-state index contributed by atoms with van der Waals surface area (Å²) in [6, 6.07) is 3.99.